The number of rotatable bonds is 3. The summed E-state index contributed by atoms with van der Waals surface area (Å²) in [7, 11) is 0. The zero-order valence-electron chi connectivity index (χ0n) is 13.6. The number of thiophene rings is 1. The van der Waals surface area contributed by atoms with Crippen LogP contribution in [-0.2, 0) is 4.79 Å². The molecule has 1 fully saturated rings. The molecule has 0 radical (unpaired) electrons. The molecule has 1 amide bonds. The summed E-state index contributed by atoms with van der Waals surface area (Å²) in [5.41, 5.74) is 1.69. The molecule has 1 heterocycles. The molecular weight excluding hydrogens is 342 g/mol. The van der Waals surface area contributed by atoms with Crippen LogP contribution in [0.5, 0.6) is 0 Å². The maximum Gasteiger partial charge on any atom is 0.267 e. The molecule has 1 aromatic heterocycles. The molecule has 0 aliphatic heterocycles. The summed E-state index contributed by atoms with van der Waals surface area (Å²) in [6.07, 6.45) is 2.72. The predicted molar refractivity (Wildman–Crippen MR) is 97.4 cm³/mol. The van der Waals surface area contributed by atoms with Crippen molar-refractivity contribution in [2.45, 2.75) is 26.7 Å². The zero-order valence-corrected chi connectivity index (χ0v) is 15.1. The van der Waals surface area contributed by atoms with Gasteiger partial charge in [0.05, 0.1) is 5.02 Å². The van der Waals surface area contributed by atoms with E-state index in [2.05, 4.69) is 19.2 Å². The summed E-state index contributed by atoms with van der Waals surface area (Å²) >= 11 is 7.77. The van der Waals surface area contributed by atoms with Gasteiger partial charge in [0.15, 0.2) is 0 Å². The lowest BCUT2D eigenvalue weighted by Crippen LogP contribution is -2.51. The van der Waals surface area contributed by atoms with Gasteiger partial charge in [-0.15, -0.1) is 11.3 Å². The van der Waals surface area contributed by atoms with E-state index in [-0.39, 0.29) is 17.2 Å². The van der Waals surface area contributed by atoms with Gasteiger partial charge in [-0.1, -0.05) is 43.6 Å². The second-order valence-corrected chi connectivity index (χ2v) is 8.69. The van der Waals surface area contributed by atoms with Gasteiger partial charge >= 0.3 is 0 Å². The van der Waals surface area contributed by atoms with Crippen LogP contribution in [0.1, 0.15) is 36.4 Å². The molecule has 1 aromatic carbocycles. The van der Waals surface area contributed by atoms with E-state index in [1.54, 1.807) is 0 Å². The number of hydrogen-bond acceptors (Lipinski definition) is 3. The fourth-order valence-electron chi connectivity index (χ4n) is 4.10. The van der Waals surface area contributed by atoms with E-state index in [4.69, 9.17) is 11.6 Å². The molecule has 0 spiro atoms. The minimum atomic E-state index is -0.213. The molecule has 5 rings (SSSR count). The van der Waals surface area contributed by atoms with E-state index >= 15 is 0 Å². The molecule has 3 aliphatic rings. The Labute approximate surface area is 149 Å². The second-order valence-electron chi connectivity index (χ2n) is 7.26. The number of hydrogen-bond donors (Lipinski definition) is 1. The largest absolute Gasteiger partial charge is 0.325 e. The van der Waals surface area contributed by atoms with Crippen LogP contribution in [0.2, 0.25) is 5.02 Å². The van der Waals surface area contributed by atoms with Crippen molar-refractivity contribution in [1.82, 2.24) is 5.32 Å². The van der Waals surface area contributed by atoms with Crippen LogP contribution < -0.4 is 5.32 Å². The third-order valence-corrected chi connectivity index (χ3v) is 7.45. The Balaban J connectivity index is 1.66. The quantitative estimate of drug-likeness (QED) is 0.800. The van der Waals surface area contributed by atoms with E-state index in [0.717, 1.165) is 40.5 Å². The zero-order chi connectivity index (χ0) is 17.1. The van der Waals surface area contributed by atoms with E-state index in [0.29, 0.717) is 15.8 Å². The van der Waals surface area contributed by atoms with E-state index in [1.165, 1.54) is 11.3 Å². The van der Waals surface area contributed by atoms with Crippen LogP contribution in [0.4, 0.5) is 0 Å². The normalized spacial score (nSPS) is 24.6. The van der Waals surface area contributed by atoms with Gasteiger partial charge in [0.1, 0.15) is 11.2 Å². The van der Waals surface area contributed by atoms with Crippen molar-refractivity contribution < 1.29 is 9.59 Å². The Hall–Kier alpha value is -1.65. The Morgan fingerprint density at radius 3 is 2.79 bits per heavy atom. The highest BCUT2D eigenvalue weighted by molar-refractivity contribution is 7.21. The lowest BCUT2D eigenvalue weighted by Gasteiger charge is -2.56. The van der Waals surface area contributed by atoms with Crippen molar-refractivity contribution in [1.29, 1.82) is 0 Å². The number of benzene rings is 1. The minimum absolute atomic E-state index is 0.153. The standard InChI is InChI=1S/C19H18ClNO2S/c1-19(2)10-7-13(19)12(9-22)14(8-10)21-18(23)17-16(20)11-5-3-4-6-15(11)24-17/h3-6,9-10,13H,7-8H2,1-2H3,(H,21,23)/t10-,13-/m1/s1. The highest BCUT2D eigenvalue weighted by Crippen LogP contribution is 2.60. The third-order valence-electron chi connectivity index (χ3n) is 5.78. The molecule has 124 valence electrons. The summed E-state index contributed by atoms with van der Waals surface area (Å²) in [5, 5.41) is 4.36. The lowest BCUT2D eigenvalue weighted by atomic mass is 9.48. The van der Waals surface area contributed by atoms with Crippen molar-refractivity contribution in [2.24, 2.45) is 17.3 Å². The number of halogens is 1. The molecule has 5 heteroatoms. The summed E-state index contributed by atoms with van der Waals surface area (Å²) in [4.78, 5) is 24.8. The molecule has 1 saturated carbocycles. The summed E-state index contributed by atoms with van der Waals surface area (Å²) in [6, 6.07) is 7.71. The van der Waals surface area contributed by atoms with Gasteiger partial charge in [-0.25, -0.2) is 0 Å². The van der Waals surface area contributed by atoms with Gasteiger partial charge in [0, 0.05) is 21.4 Å². The van der Waals surface area contributed by atoms with Crippen molar-refractivity contribution in [3.8, 4) is 0 Å². The molecule has 0 unspecified atom stereocenters. The van der Waals surface area contributed by atoms with Crippen molar-refractivity contribution in [2.75, 3.05) is 0 Å². The van der Waals surface area contributed by atoms with Crippen molar-refractivity contribution >= 4 is 45.2 Å². The first-order valence-electron chi connectivity index (χ1n) is 8.10. The fraction of sp³-hybridized carbons (Fsp3) is 0.368. The monoisotopic (exact) mass is 359 g/mol. The van der Waals surface area contributed by atoms with Crippen LogP contribution >= 0.6 is 22.9 Å². The first kappa shape index (κ1) is 15.9. The molecule has 24 heavy (non-hydrogen) atoms. The molecule has 2 aromatic rings. The summed E-state index contributed by atoms with van der Waals surface area (Å²) in [5.74, 6) is 0.566. The number of amides is 1. The highest BCUT2D eigenvalue weighted by Gasteiger charge is 2.53. The molecule has 2 bridgehead atoms. The van der Waals surface area contributed by atoms with E-state index in [9.17, 15) is 9.59 Å². The summed E-state index contributed by atoms with van der Waals surface area (Å²) in [6.45, 7) is 4.41. The lowest BCUT2D eigenvalue weighted by molar-refractivity contribution is -0.108. The number of fused-ring (bicyclic) bond motifs is 2. The third kappa shape index (κ3) is 2.16. The van der Waals surface area contributed by atoms with Crippen molar-refractivity contribution in [3.05, 3.63) is 45.4 Å². The van der Waals surface area contributed by atoms with Gasteiger partial charge in [-0.3, -0.25) is 9.59 Å². The minimum Gasteiger partial charge on any atom is -0.325 e. The van der Waals surface area contributed by atoms with E-state index in [1.807, 2.05) is 24.3 Å². The maximum atomic E-state index is 12.7. The van der Waals surface area contributed by atoms with Gasteiger partial charge < -0.3 is 5.32 Å². The molecule has 2 atom stereocenters. The Morgan fingerprint density at radius 1 is 1.38 bits per heavy atom. The molecule has 0 saturated heterocycles. The number of nitrogens with one attached hydrogen (secondary N) is 1. The molecule has 3 nitrogen and oxygen atoms in total. The molecule has 1 N–H and O–H groups in total. The maximum absolute atomic E-state index is 12.7. The van der Waals surface area contributed by atoms with Crippen LogP contribution in [-0.4, -0.2) is 12.2 Å². The SMILES string of the molecule is CC1(C)[C@H]2CC(NC(=O)c3sc4ccccc4c3Cl)=C(C=O)[C@H]1C2. The highest BCUT2D eigenvalue weighted by atomic mass is 35.5. The fourth-order valence-corrected chi connectivity index (χ4v) is 5.51. The number of carbonyl (C=O) groups is 2. The molecular formula is C19H18ClNO2S. The first-order valence-corrected chi connectivity index (χ1v) is 9.29. The van der Waals surface area contributed by atoms with Crippen LogP contribution in [0.3, 0.4) is 0 Å². The topological polar surface area (TPSA) is 46.2 Å². The predicted octanol–water partition coefficient (Wildman–Crippen LogP) is 4.80. The first-order chi connectivity index (χ1) is 11.4. The second kappa shape index (κ2) is 5.43. The van der Waals surface area contributed by atoms with Gasteiger partial charge in [-0.05, 0) is 36.2 Å². The van der Waals surface area contributed by atoms with Crippen LogP contribution in [0.25, 0.3) is 10.1 Å². The van der Waals surface area contributed by atoms with E-state index < -0.39 is 0 Å². The Bertz CT molecular complexity index is 896. The average molecular weight is 360 g/mol. The Kier molecular flexibility index (Phi) is 3.59. The number of aldehydes is 1. The number of carbonyl (C=O) groups excluding carboxylic acids is 2. The van der Waals surface area contributed by atoms with Gasteiger partial charge in [0.25, 0.3) is 5.91 Å². The average Bonchev–Trinajstić information content (AvgIpc) is 2.92. The smallest absolute Gasteiger partial charge is 0.267 e. The van der Waals surface area contributed by atoms with Gasteiger partial charge in [-0.2, -0.15) is 0 Å². The summed E-state index contributed by atoms with van der Waals surface area (Å²) < 4.78 is 0.991. The van der Waals surface area contributed by atoms with Crippen molar-refractivity contribution in [3.63, 3.8) is 0 Å². The van der Waals surface area contributed by atoms with Crippen LogP contribution in [0, 0.1) is 17.3 Å². The van der Waals surface area contributed by atoms with Gasteiger partial charge in [0.2, 0.25) is 0 Å². The molecule has 3 aliphatic carbocycles. The number of allylic oxidation sites excluding steroid dienone is 2. The Morgan fingerprint density at radius 2 is 2.12 bits per heavy atom. The van der Waals surface area contributed by atoms with Crippen LogP contribution in [0.15, 0.2) is 35.5 Å².